The Labute approximate surface area is 178 Å². The molecular weight excluding hydrogens is 380 g/mol. The number of carbonyl (C=O) groups excluding carboxylic acids is 2. The molecule has 1 fully saturated rings. The Hall–Kier alpha value is -3.02. The molecule has 0 aliphatic heterocycles. The van der Waals surface area contributed by atoms with Crippen LogP contribution < -0.4 is 20.1 Å². The number of hydrogen-bond acceptors (Lipinski definition) is 4. The Morgan fingerprint density at radius 1 is 0.967 bits per heavy atom. The molecule has 6 nitrogen and oxygen atoms in total. The number of amides is 2. The van der Waals surface area contributed by atoms with Crippen LogP contribution in [0, 0.1) is 0 Å². The van der Waals surface area contributed by atoms with E-state index < -0.39 is 5.41 Å². The minimum absolute atomic E-state index is 0.0272. The van der Waals surface area contributed by atoms with E-state index in [-0.39, 0.29) is 11.8 Å². The summed E-state index contributed by atoms with van der Waals surface area (Å²) in [4.78, 5) is 24.8. The van der Waals surface area contributed by atoms with E-state index in [1.165, 1.54) is 6.92 Å². The molecule has 2 amide bonds. The van der Waals surface area contributed by atoms with Crippen LogP contribution in [0.15, 0.2) is 42.5 Å². The lowest BCUT2D eigenvalue weighted by molar-refractivity contribution is -0.128. The van der Waals surface area contributed by atoms with Crippen LogP contribution in [-0.4, -0.2) is 26.0 Å². The third-order valence-electron chi connectivity index (χ3n) is 5.82. The Morgan fingerprint density at radius 3 is 2.27 bits per heavy atom. The van der Waals surface area contributed by atoms with Crippen molar-refractivity contribution >= 4 is 17.5 Å². The molecule has 0 bridgehead atoms. The van der Waals surface area contributed by atoms with Crippen LogP contribution in [0.5, 0.6) is 11.5 Å². The fraction of sp³-hybridized carbons (Fsp3) is 0.417. The smallest absolute Gasteiger partial charge is 0.230 e. The molecule has 0 saturated heterocycles. The highest BCUT2D eigenvalue weighted by Gasteiger charge is 2.41. The van der Waals surface area contributed by atoms with Gasteiger partial charge < -0.3 is 20.1 Å². The summed E-state index contributed by atoms with van der Waals surface area (Å²) in [6.07, 6.45) is 4.80. The molecule has 2 N–H and O–H groups in total. The monoisotopic (exact) mass is 410 g/mol. The summed E-state index contributed by atoms with van der Waals surface area (Å²) in [6.45, 7) is 1.85. The Balaban J connectivity index is 1.82. The zero-order chi connectivity index (χ0) is 21.6. The molecule has 1 aliphatic rings. The lowest BCUT2D eigenvalue weighted by Gasteiger charge is -2.36. The normalized spacial score (nSPS) is 15.2. The van der Waals surface area contributed by atoms with E-state index in [9.17, 15) is 9.59 Å². The molecule has 0 spiro atoms. The Bertz CT molecular complexity index is 887. The molecule has 6 heteroatoms. The first-order valence-electron chi connectivity index (χ1n) is 10.4. The first-order valence-corrected chi connectivity index (χ1v) is 10.4. The molecule has 0 unspecified atom stereocenters. The zero-order valence-corrected chi connectivity index (χ0v) is 17.9. The van der Waals surface area contributed by atoms with E-state index in [2.05, 4.69) is 10.6 Å². The van der Waals surface area contributed by atoms with Crippen molar-refractivity contribution in [2.75, 3.05) is 19.5 Å². The van der Waals surface area contributed by atoms with Crippen molar-refractivity contribution in [1.82, 2.24) is 5.32 Å². The summed E-state index contributed by atoms with van der Waals surface area (Å²) >= 11 is 0. The minimum Gasteiger partial charge on any atom is -0.493 e. The fourth-order valence-corrected chi connectivity index (χ4v) is 4.32. The van der Waals surface area contributed by atoms with Gasteiger partial charge in [0.15, 0.2) is 11.5 Å². The Kier molecular flexibility index (Phi) is 6.98. The molecule has 2 aromatic rings. The second kappa shape index (κ2) is 9.65. The zero-order valence-electron chi connectivity index (χ0n) is 17.9. The fourth-order valence-electron chi connectivity index (χ4n) is 4.32. The molecule has 2 aromatic carbocycles. The van der Waals surface area contributed by atoms with E-state index in [4.69, 9.17) is 9.47 Å². The third-order valence-corrected chi connectivity index (χ3v) is 5.82. The van der Waals surface area contributed by atoms with Crippen molar-refractivity contribution in [3.63, 3.8) is 0 Å². The molecule has 3 rings (SSSR count). The van der Waals surface area contributed by atoms with E-state index >= 15 is 0 Å². The highest BCUT2D eigenvalue weighted by Crippen LogP contribution is 2.40. The summed E-state index contributed by atoms with van der Waals surface area (Å²) in [5.41, 5.74) is 2.04. The number of nitrogens with one attached hydrogen (secondary N) is 2. The molecule has 1 saturated carbocycles. The van der Waals surface area contributed by atoms with Gasteiger partial charge in [0.1, 0.15) is 0 Å². The largest absolute Gasteiger partial charge is 0.493 e. The number of benzene rings is 2. The second-order valence-electron chi connectivity index (χ2n) is 7.74. The first kappa shape index (κ1) is 21.7. The van der Waals surface area contributed by atoms with E-state index in [0.717, 1.165) is 48.9 Å². The summed E-state index contributed by atoms with van der Waals surface area (Å²) in [6, 6.07) is 13.3. The number of methoxy groups -OCH3 is 2. The number of hydrogen-bond donors (Lipinski definition) is 2. The average molecular weight is 411 g/mol. The Morgan fingerprint density at radius 2 is 1.67 bits per heavy atom. The molecule has 0 aromatic heterocycles. The van der Waals surface area contributed by atoms with Crippen LogP contribution in [0.25, 0.3) is 0 Å². The predicted octanol–water partition coefficient (Wildman–Crippen LogP) is 4.18. The second-order valence-corrected chi connectivity index (χ2v) is 7.74. The van der Waals surface area contributed by atoms with Crippen LogP contribution >= 0.6 is 0 Å². The SMILES string of the molecule is COc1cccc(CNC(=O)C2(c3ccc(NC(C)=O)cc3)CCCCC2)c1OC. The maximum absolute atomic E-state index is 13.5. The first-order chi connectivity index (χ1) is 14.5. The van der Waals surface area contributed by atoms with Gasteiger partial charge in [0.05, 0.1) is 19.6 Å². The van der Waals surface area contributed by atoms with Crippen LogP contribution in [0.1, 0.15) is 50.2 Å². The molecule has 0 heterocycles. The summed E-state index contributed by atoms with van der Waals surface area (Å²) < 4.78 is 10.8. The van der Waals surface area contributed by atoms with Crippen LogP contribution in [-0.2, 0) is 21.5 Å². The molecule has 0 radical (unpaired) electrons. The highest BCUT2D eigenvalue weighted by atomic mass is 16.5. The standard InChI is InChI=1S/C24H30N2O4/c1-17(27)26-20-12-10-19(11-13-20)24(14-5-4-6-15-24)23(28)25-16-18-8-7-9-21(29-2)22(18)30-3/h7-13H,4-6,14-16H2,1-3H3,(H,25,28)(H,26,27). The van der Waals surface area contributed by atoms with Gasteiger partial charge in [-0.25, -0.2) is 0 Å². The van der Waals surface area contributed by atoms with Crippen molar-refractivity contribution in [3.8, 4) is 11.5 Å². The lowest BCUT2D eigenvalue weighted by Crippen LogP contribution is -2.45. The van der Waals surface area contributed by atoms with Gasteiger partial charge in [-0.15, -0.1) is 0 Å². The lowest BCUT2D eigenvalue weighted by atomic mass is 9.68. The maximum Gasteiger partial charge on any atom is 0.230 e. The summed E-state index contributed by atoms with van der Waals surface area (Å²) in [5, 5.41) is 5.92. The van der Waals surface area contributed by atoms with Gasteiger partial charge in [-0.1, -0.05) is 43.5 Å². The van der Waals surface area contributed by atoms with Gasteiger partial charge in [-0.2, -0.15) is 0 Å². The number of ether oxygens (including phenoxy) is 2. The number of para-hydroxylation sites is 1. The molecule has 0 atom stereocenters. The van der Waals surface area contributed by atoms with Gasteiger partial charge in [0.25, 0.3) is 0 Å². The van der Waals surface area contributed by atoms with Crippen molar-refractivity contribution in [2.24, 2.45) is 0 Å². The van der Waals surface area contributed by atoms with Gasteiger partial charge in [-0.3, -0.25) is 9.59 Å². The topological polar surface area (TPSA) is 76.7 Å². The van der Waals surface area contributed by atoms with Crippen LogP contribution in [0.4, 0.5) is 5.69 Å². The molecule has 1 aliphatic carbocycles. The molecule has 160 valence electrons. The average Bonchev–Trinajstić information content (AvgIpc) is 2.77. The van der Waals surface area contributed by atoms with E-state index in [1.807, 2.05) is 42.5 Å². The maximum atomic E-state index is 13.5. The summed E-state index contributed by atoms with van der Waals surface area (Å²) in [5.74, 6) is 1.20. The third kappa shape index (κ3) is 4.58. The van der Waals surface area contributed by atoms with Crippen LogP contribution in [0.2, 0.25) is 0 Å². The van der Waals surface area contributed by atoms with Gasteiger partial charge >= 0.3 is 0 Å². The van der Waals surface area contributed by atoms with Crippen molar-refractivity contribution in [3.05, 3.63) is 53.6 Å². The molecular formula is C24H30N2O4. The van der Waals surface area contributed by atoms with Gasteiger partial charge in [-0.05, 0) is 36.6 Å². The van der Waals surface area contributed by atoms with E-state index in [1.54, 1.807) is 14.2 Å². The van der Waals surface area contributed by atoms with E-state index in [0.29, 0.717) is 18.0 Å². The quantitative estimate of drug-likeness (QED) is 0.718. The number of anilines is 1. The number of carbonyl (C=O) groups is 2. The number of rotatable bonds is 7. The predicted molar refractivity (Wildman–Crippen MR) is 117 cm³/mol. The van der Waals surface area contributed by atoms with Crippen LogP contribution in [0.3, 0.4) is 0 Å². The molecule has 30 heavy (non-hydrogen) atoms. The van der Waals surface area contributed by atoms with Gasteiger partial charge in [0.2, 0.25) is 11.8 Å². The van der Waals surface area contributed by atoms with Gasteiger partial charge in [0, 0.05) is 24.7 Å². The van der Waals surface area contributed by atoms with Crippen molar-refractivity contribution in [1.29, 1.82) is 0 Å². The minimum atomic E-state index is -0.556. The van der Waals surface area contributed by atoms with Crippen molar-refractivity contribution in [2.45, 2.75) is 51.0 Å². The van der Waals surface area contributed by atoms with Crippen molar-refractivity contribution < 1.29 is 19.1 Å². The summed E-state index contributed by atoms with van der Waals surface area (Å²) in [7, 11) is 3.20. The highest BCUT2D eigenvalue weighted by molar-refractivity contribution is 5.90.